The van der Waals surface area contributed by atoms with Crippen LogP contribution in [0.15, 0.2) is 108 Å². The number of hydrogen-bond donors (Lipinski definition) is 3. The van der Waals surface area contributed by atoms with Crippen molar-refractivity contribution in [2.24, 2.45) is 0 Å². The summed E-state index contributed by atoms with van der Waals surface area (Å²) in [5, 5.41) is 7.22. The largest absolute Gasteiger partial charge is 0.416 e. The van der Waals surface area contributed by atoms with Gasteiger partial charge in [-0.05, 0) is 78.6 Å². The Morgan fingerprint density at radius 3 is 2.17 bits per heavy atom. The molecule has 11 heteroatoms. The number of alkyl halides is 3. The second-order valence-corrected chi connectivity index (χ2v) is 12.4. The molecule has 4 aromatic rings. The Hall–Kier alpha value is -4.54. The minimum Gasteiger partial charge on any atom is -0.324 e. The molecule has 0 radical (unpaired) electrons. The lowest BCUT2D eigenvalue weighted by Gasteiger charge is -2.15. The zero-order valence-electron chi connectivity index (χ0n) is 25.1. The highest BCUT2D eigenvalue weighted by Crippen LogP contribution is 2.34. The number of carbonyl (C=O) groups is 3. The van der Waals surface area contributed by atoms with Crippen LogP contribution in [0.1, 0.15) is 53.7 Å². The molecule has 0 aliphatic heterocycles. The van der Waals surface area contributed by atoms with Crippen molar-refractivity contribution < 1.29 is 27.6 Å². The van der Waals surface area contributed by atoms with Crippen LogP contribution in [0.3, 0.4) is 0 Å². The first-order valence-corrected chi connectivity index (χ1v) is 15.5. The molecule has 0 saturated heterocycles. The summed E-state index contributed by atoms with van der Waals surface area (Å²) in [5.41, 5.74) is 1.57. The fraction of sp³-hybridized carbons (Fsp3) is 0.171. The lowest BCUT2D eigenvalue weighted by Crippen LogP contribution is -2.30. The lowest BCUT2D eigenvalue weighted by atomic mass is 10.0. The molecular formula is C35H31ClF3N3O3S. The quantitative estimate of drug-likeness (QED) is 0.117. The van der Waals surface area contributed by atoms with E-state index in [0.717, 1.165) is 35.5 Å². The summed E-state index contributed by atoms with van der Waals surface area (Å²) >= 11 is 7.16. The first-order valence-electron chi connectivity index (χ1n) is 14.2. The van der Waals surface area contributed by atoms with E-state index in [1.807, 2.05) is 24.3 Å². The number of amides is 3. The molecule has 0 spiro atoms. The third kappa shape index (κ3) is 9.48. The third-order valence-corrected chi connectivity index (χ3v) is 8.19. The van der Waals surface area contributed by atoms with Crippen molar-refractivity contribution in [3.8, 4) is 0 Å². The predicted octanol–water partition coefficient (Wildman–Crippen LogP) is 9.01. The topological polar surface area (TPSA) is 87.3 Å². The van der Waals surface area contributed by atoms with Gasteiger partial charge in [0.1, 0.15) is 5.70 Å². The zero-order chi connectivity index (χ0) is 33.4. The maximum atomic E-state index is 13.5. The van der Waals surface area contributed by atoms with Crippen LogP contribution in [0.5, 0.6) is 0 Å². The van der Waals surface area contributed by atoms with E-state index in [9.17, 15) is 27.6 Å². The van der Waals surface area contributed by atoms with E-state index in [1.54, 1.807) is 67.6 Å². The molecule has 0 aromatic heterocycles. The van der Waals surface area contributed by atoms with Gasteiger partial charge in [0.25, 0.3) is 11.8 Å². The molecule has 4 aromatic carbocycles. The summed E-state index contributed by atoms with van der Waals surface area (Å²) in [6, 6.07) is 25.6. The fourth-order valence-corrected chi connectivity index (χ4v) is 5.31. The smallest absolute Gasteiger partial charge is 0.324 e. The van der Waals surface area contributed by atoms with Crippen molar-refractivity contribution in [2.45, 2.75) is 43.0 Å². The Bertz CT molecular complexity index is 1740. The molecule has 0 bridgehead atoms. The molecule has 238 valence electrons. The molecule has 0 fully saturated rings. The number of anilines is 2. The van der Waals surface area contributed by atoms with Gasteiger partial charge in [-0.25, -0.2) is 0 Å². The van der Waals surface area contributed by atoms with Crippen LogP contribution in [-0.4, -0.2) is 23.0 Å². The Kier molecular flexibility index (Phi) is 11.3. The fourth-order valence-electron chi connectivity index (χ4n) is 4.22. The average Bonchev–Trinajstić information content (AvgIpc) is 3.02. The standard InChI is InChI=1S/C35H31ClF3N3O3S/c1-21(2)24-14-12-23(13-15-24)18-31(42-33(44)25-8-5-4-6-9-25)34(45)40-27-10-7-11-28(20-27)46-22(3)32(43)41-30-19-26(35(37,38)39)16-17-29(30)36/h4-22H,1-3H3,(H,40,45)(H,41,43)(H,42,44)/b31-18+. The van der Waals surface area contributed by atoms with Crippen molar-refractivity contribution >= 4 is 58.5 Å². The maximum absolute atomic E-state index is 13.5. The molecule has 4 rings (SSSR count). The molecule has 0 saturated carbocycles. The minimum atomic E-state index is -4.59. The van der Waals surface area contributed by atoms with Crippen LogP contribution in [-0.2, 0) is 15.8 Å². The summed E-state index contributed by atoms with van der Waals surface area (Å²) in [5.74, 6) is -1.25. The number of nitrogens with one attached hydrogen (secondary N) is 3. The Labute approximate surface area is 274 Å². The van der Waals surface area contributed by atoms with Gasteiger partial charge < -0.3 is 16.0 Å². The Balaban J connectivity index is 1.49. The molecule has 0 heterocycles. The van der Waals surface area contributed by atoms with E-state index in [0.29, 0.717) is 27.6 Å². The molecular weight excluding hydrogens is 635 g/mol. The minimum absolute atomic E-state index is 0.0231. The zero-order valence-corrected chi connectivity index (χ0v) is 26.7. The molecule has 0 aliphatic carbocycles. The van der Waals surface area contributed by atoms with Gasteiger partial charge in [0, 0.05) is 16.1 Å². The number of carbonyl (C=O) groups excluding carboxylic acids is 3. The second-order valence-electron chi connectivity index (χ2n) is 10.6. The number of hydrogen-bond acceptors (Lipinski definition) is 4. The molecule has 3 amide bonds. The van der Waals surface area contributed by atoms with E-state index in [4.69, 9.17) is 11.6 Å². The van der Waals surface area contributed by atoms with E-state index >= 15 is 0 Å². The number of thioether (sulfide) groups is 1. The van der Waals surface area contributed by atoms with Crippen LogP contribution in [0.4, 0.5) is 24.5 Å². The van der Waals surface area contributed by atoms with Gasteiger partial charge in [-0.2, -0.15) is 13.2 Å². The summed E-state index contributed by atoms with van der Waals surface area (Å²) in [6.07, 6.45) is -3.00. The second kappa shape index (κ2) is 15.2. The summed E-state index contributed by atoms with van der Waals surface area (Å²) in [6.45, 7) is 5.75. The van der Waals surface area contributed by atoms with Crippen LogP contribution < -0.4 is 16.0 Å². The highest BCUT2D eigenvalue weighted by atomic mass is 35.5. The molecule has 46 heavy (non-hydrogen) atoms. The lowest BCUT2D eigenvalue weighted by molar-refractivity contribution is -0.137. The first kappa shape index (κ1) is 34.3. The van der Waals surface area contributed by atoms with Gasteiger partial charge in [0.15, 0.2) is 0 Å². The SMILES string of the molecule is CC(Sc1cccc(NC(=O)/C(=C\c2ccc(C(C)C)cc2)NC(=O)c2ccccc2)c1)C(=O)Nc1cc(C(F)(F)F)ccc1Cl. The summed E-state index contributed by atoms with van der Waals surface area (Å²) in [7, 11) is 0. The van der Waals surface area contributed by atoms with Crippen molar-refractivity contribution in [2.75, 3.05) is 10.6 Å². The van der Waals surface area contributed by atoms with Gasteiger partial charge >= 0.3 is 6.18 Å². The maximum Gasteiger partial charge on any atom is 0.416 e. The van der Waals surface area contributed by atoms with Gasteiger partial charge in [0.05, 0.1) is 21.5 Å². The van der Waals surface area contributed by atoms with E-state index in [1.165, 1.54) is 0 Å². The number of rotatable bonds is 10. The van der Waals surface area contributed by atoms with Crippen molar-refractivity contribution in [3.63, 3.8) is 0 Å². The molecule has 3 N–H and O–H groups in total. The normalized spacial score (nSPS) is 12.4. The van der Waals surface area contributed by atoms with Crippen LogP contribution in [0.25, 0.3) is 6.08 Å². The van der Waals surface area contributed by atoms with E-state index in [-0.39, 0.29) is 16.4 Å². The predicted molar refractivity (Wildman–Crippen MR) is 178 cm³/mol. The molecule has 1 unspecified atom stereocenters. The van der Waals surface area contributed by atoms with Crippen molar-refractivity contribution in [3.05, 3.63) is 130 Å². The highest BCUT2D eigenvalue weighted by Gasteiger charge is 2.31. The molecule has 6 nitrogen and oxygen atoms in total. The average molecular weight is 666 g/mol. The molecule has 0 aliphatic rings. The Morgan fingerprint density at radius 2 is 1.52 bits per heavy atom. The number of benzene rings is 4. The van der Waals surface area contributed by atoms with Crippen LogP contribution in [0.2, 0.25) is 5.02 Å². The van der Waals surface area contributed by atoms with Crippen LogP contribution in [0, 0.1) is 0 Å². The van der Waals surface area contributed by atoms with Gasteiger partial charge in [-0.1, -0.05) is 74.0 Å². The number of halogens is 4. The van der Waals surface area contributed by atoms with Crippen molar-refractivity contribution in [1.29, 1.82) is 0 Å². The first-order chi connectivity index (χ1) is 21.8. The van der Waals surface area contributed by atoms with Crippen molar-refractivity contribution in [1.82, 2.24) is 5.32 Å². The summed E-state index contributed by atoms with van der Waals surface area (Å²) < 4.78 is 39.4. The Morgan fingerprint density at radius 1 is 0.826 bits per heavy atom. The molecule has 1 atom stereocenters. The van der Waals surface area contributed by atoms with Gasteiger partial charge in [0.2, 0.25) is 5.91 Å². The third-order valence-electron chi connectivity index (χ3n) is 6.77. The van der Waals surface area contributed by atoms with Crippen LogP contribution >= 0.6 is 23.4 Å². The van der Waals surface area contributed by atoms with Gasteiger partial charge in [-0.3, -0.25) is 14.4 Å². The van der Waals surface area contributed by atoms with Gasteiger partial charge in [-0.15, -0.1) is 11.8 Å². The monoisotopic (exact) mass is 665 g/mol. The van der Waals surface area contributed by atoms with E-state index < -0.39 is 34.7 Å². The summed E-state index contributed by atoms with van der Waals surface area (Å²) in [4.78, 5) is 39.9. The highest BCUT2D eigenvalue weighted by molar-refractivity contribution is 8.00. The van der Waals surface area contributed by atoms with E-state index in [2.05, 4.69) is 29.8 Å².